The van der Waals surface area contributed by atoms with E-state index in [0.29, 0.717) is 5.84 Å². The van der Waals surface area contributed by atoms with Crippen molar-refractivity contribution in [3.63, 3.8) is 0 Å². The third kappa shape index (κ3) is 3.80. The number of aliphatic imine (C=N–C) groups is 1. The zero-order chi connectivity index (χ0) is 20.3. The summed E-state index contributed by atoms with van der Waals surface area (Å²) in [6, 6.07) is 5.37. The number of phenols is 1. The van der Waals surface area contributed by atoms with E-state index < -0.39 is 29.4 Å². The molecule has 2 aliphatic heterocycles. The summed E-state index contributed by atoms with van der Waals surface area (Å²) in [5.41, 5.74) is -0.488. The number of rotatable bonds is 5. The Balaban J connectivity index is 1.82. The van der Waals surface area contributed by atoms with Gasteiger partial charge in [-0.2, -0.15) is 4.99 Å². The van der Waals surface area contributed by atoms with Gasteiger partial charge in [-0.05, 0) is 36.8 Å². The second-order valence-electron chi connectivity index (χ2n) is 6.80. The Kier molecular flexibility index (Phi) is 5.30. The monoisotopic (exact) mass is 383 g/mol. The highest BCUT2D eigenvalue weighted by molar-refractivity contribution is 6.09. The van der Waals surface area contributed by atoms with Crippen molar-refractivity contribution in [2.75, 3.05) is 7.11 Å². The van der Waals surface area contributed by atoms with Crippen molar-refractivity contribution in [3.05, 3.63) is 54.3 Å². The normalized spacial score (nSPS) is 21.6. The van der Waals surface area contributed by atoms with Crippen LogP contribution in [0.3, 0.4) is 0 Å². The zero-order valence-corrected chi connectivity index (χ0v) is 15.6. The quantitative estimate of drug-likeness (QED) is 0.736. The molecule has 8 heteroatoms. The molecule has 2 unspecified atom stereocenters. The molecule has 0 saturated carbocycles. The number of phenolic OH excluding ortho intramolecular Hbond substituents is 1. The molecule has 28 heavy (non-hydrogen) atoms. The molecule has 2 aliphatic rings. The number of aromatic hydroxyl groups is 1. The highest BCUT2D eigenvalue weighted by atomic mass is 16.5. The van der Waals surface area contributed by atoms with E-state index in [-0.39, 0.29) is 18.6 Å². The summed E-state index contributed by atoms with van der Waals surface area (Å²) in [5.74, 6) is -1.01. The Bertz CT molecular complexity index is 888. The Morgan fingerprint density at radius 2 is 2.04 bits per heavy atom. The summed E-state index contributed by atoms with van der Waals surface area (Å²) in [5, 5.41) is 12.1. The van der Waals surface area contributed by atoms with E-state index >= 15 is 0 Å². The maximum Gasteiger partial charge on any atom is 0.328 e. The van der Waals surface area contributed by atoms with Crippen molar-refractivity contribution in [1.29, 1.82) is 0 Å². The van der Waals surface area contributed by atoms with E-state index in [1.54, 1.807) is 48.4 Å². The molecule has 0 fully saturated rings. The molecule has 0 bridgehead atoms. The number of fused-ring (bicyclic) bond motifs is 1. The van der Waals surface area contributed by atoms with Crippen molar-refractivity contribution in [3.8, 4) is 5.75 Å². The van der Waals surface area contributed by atoms with E-state index in [2.05, 4.69) is 10.3 Å². The van der Waals surface area contributed by atoms with E-state index in [1.807, 2.05) is 0 Å². The fraction of sp³-hybridized carbons (Fsp3) is 0.300. The standard InChI is InChI=1S/C20H21N3O5/c1-20(12-17(25)22-16-5-3-4-10-23(16)20)19(27)21-15(18(26)28-2)11-13-6-8-14(24)9-7-13/h3-10,15,24H,11-12H2,1-2H3,(H,21,27). The van der Waals surface area contributed by atoms with Gasteiger partial charge in [-0.3, -0.25) is 9.59 Å². The zero-order valence-electron chi connectivity index (χ0n) is 15.6. The molecule has 2 atom stereocenters. The molecule has 3 rings (SSSR count). The number of hydrogen-bond acceptors (Lipinski definition) is 6. The third-order valence-corrected chi connectivity index (χ3v) is 4.76. The summed E-state index contributed by atoms with van der Waals surface area (Å²) >= 11 is 0. The second kappa shape index (κ2) is 7.67. The van der Waals surface area contributed by atoms with Crippen LogP contribution >= 0.6 is 0 Å². The molecule has 2 N–H and O–H groups in total. The Labute approximate surface area is 162 Å². The summed E-state index contributed by atoms with van der Waals surface area (Å²) in [4.78, 5) is 43.0. The van der Waals surface area contributed by atoms with E-state index in [1.165, 1.54) is 19.2 Å². The summed E-state index contributed by atoms with van der Waals surface area (Å²) in [6.45, 7) is 1.63. The summed E-state index contributed by atoms with van der Waals surface area (Å²) < 4.78 is 4.82. The maximum absolute atomic E-state index is 13.1. The number of nitrogens with zero attached hydrogens (tertiary/aromatic N) is 2. The van der Waals surface area contributed by atoms with Gasteiger partial charge < -0.3 is 20.1 Å². The lowest BCUT2D eigenvalue weighted by Crippen LogP contribution is -2.62. The van der Waals surface area contributed by atoms with Gasteiger partial charge in [0.25, 0.3) is 5.91 Å². The molecule has 0 saturated heterocycles. The fourth-order valence-electron chi connectivity index (χ4n) is 3.20. The minimum absolute atomic E-state index is 0.104. The predicted molar refractivity (Wildman–Crippen MR) is 101 cm³/mol. The number of methoxy groups -OCH3 is 1. The van der Waals surface area contributed by atoms with Crippen molar-refractivity contribution in [2.24, 2.45) is 4.99 Å². The second-order valence-corrected chi connectivity index (χ2v) is 6.80. The highest BCUT2D eigenvalue weighted by Gasteiger charge is 2.46. The van der Waals surface area contributed by atoms with Crippen LogP contribution in [0.1, 0.15) is 18.9 Å². The van der Waals surface area contributed by atoms with Crippen LogP contribution in [0.15, 0.2) is 53.7 Å². The van der Waals surface area contributed by atoms with Crippen LogP contribution in [0.2, 0.25) is 0 Å². The molecule has 0 aliphatic carbocycles. The number of amidine groups is 1. The lowest BCUT2D eigenvalue weighted by Gasteiger charge is -2.42. The first-order valence-electron chi connectivity index (χ1n) is 8.76. The van der Waals surface area contributed by atoms with Crippen LogP contribution < -0.4 is 5.32 Å². The van der Waals surface area contributed by atoms with Crippen LogP contribution in [0.5, 0.6) is 5.75 Å². The van der Waals surface area contributed by atoms with Gasteiger partial charge >= 0.3 is 5.97 Å². The van der Waals surface area contributed by atoms with Crippen molar-refractivity contribution in [1.82, 2.24) is 10.2 Å². The first-order chi connectivity index (χ1) is 13.3. The number of benzene rings is 1. The molecule has 0 aromatic heterocycles. The molecule has 1 aromatic carbocycles. The molecule has 2 amide bonds. The first kappa shape index (κ1) is 19.3. The number of carbonyl (C=O) groups excluding carboxylic acids is 3. The molecule has 0 radical (unpaired) electrons. The number of esters is 1. The van der Waals surface area contributed by atoms with Gasteiger partial charge in [0.15, 0.2) is 0 Å². The largest absolute Gasteiger partial charge is 0.508 e. The predicted octanol–water partition coefficient (Wildman–Crippen LogP) is 1.07. The van der Waals surface area contributed by atoms with Gasteiger partial charge in [0, 0.05) is 12.6 Å². The number of amides is 2. The average Bonchev–Trinajstić information content (AvgIpc) is 2.68. The Morgan fingerprint density at radius 1 is 1.32 bits per heavy atom. The molecular weight excluding hydrogens is 362 g/mol. The minimum atomic E-state index is -1.23. The molecular formula is C20H21N3O5. The first-order valence-corrected chi connectivity index (χ1v) is 8.76. The van der Waals surface area contributed by atoms with Gasteiger partial charge in [0.05, 0.1) is 13.5 Å². The average molecular weight is 383 g/mol. The van der Waals surface area contributed by atoms with Gasteiger partial charge in [-0.1, -0.05) is 18.2 Å². The van der Waals surface area contributed by atoms with Crippen LogP contribution in [0.4, 0.5) is 0 Å². The van der Waals surface area contributed by atoms with Gasteiger partial charge in [-0.15, -0.1) is 0 Å². The van der Waals surface area contributed by atoms with E-state index in [0.717, 1.165) is 5.56 Å². The van der Waals surface area contributed by atoms with E-state index in [4.69, 9.17) is 4.74 Å². The van der Waals surface area contributed by atoms with Crippen LogP contribution in [-0.4, -0.2) is 52.3 Å². The number of nitrogens with one attached hydrogen (secondary N) is 1. The van der Waals surface area contributed by atoms with Crippen molar-refractivity contribution in [2.45, 2.75) is 31.3 Å². The SMILES string of the molecule is COC(=O)C(Cc1ccc(O)cc1)NC(=O)C1(C)CC(=O)N=C2C=CC=CN21. The fourth-order valence-corrected chi connectivity index (χ4v) is 3.20. The topological polar surface area (TPSA) is 108 Å². The summed E-state index contributed by atoms with van der Waals surface area (Å²) in [7, 11) is 1.24. The maximum atomic E-state index is 13.1. The van der Waals surface area contributed by atoms with Crippen molar-refractivity contribution >= 4 is 23.6 Å². The van der Waals surface area contributed by atoms with Gasteiger partial charge in [-0.25, -0.2) is 4.79 Å². The smallest absolute Gasteiger partial charge is 0.328 e. The number of allylic oxidation sites excluding steroid dienone is 2. The van der Waals surface area contributed by atoms with Crippen LogP contribution in [0, 0.1) is 0 Å². The van der Waals surface area contributed by atoms with Crippen LogP contribution in [-0.2, 0) is 25.5 Å². The number of carbonyl (C=O) groups is 3. The molecule has 146 valence electrons. The van der Waals surface area contributed by atoms with E-state index in [9.17, 15) is 19.5 Å². The third-order valence-electron chi connectivity index (χ3n) is 4.76. The van der Waals surface area contributed by atoms with Gasteiger partial charge in [0.2, 0.25) is 5.91 Å². The van der Waals surface area contributed by atoms with Crippen molar-refractivity contribution < 1.29 is 24.2 Å². The Hall–Kier alpha value is -3.42. The lowest BCUT2D eigenvalue weighted by molar-refractivity contribution is -0.146. The summed E-state index contributed by atoms with van der Waals surface area (Å²) in [6.07, 6.45) is 6.87. The molecule has 0 spiro atoms. The molecule has 8 nitrogen and oxygen atoms in total. The molecule has 2 heterocycles. The lowest BCUT2D eigenvalue weighted by atomic mass is 9.90. The van der Waals surface area contributed by atoms with Gasteiger partial charge in [0.1, 0.15) is 23.2 Å². The Morgan fingerprint density at radius 3 is 2.71 bits per heavy atom. The van der Waals surface area contributed by atoms with Crippen LogP contribution in [0.25, 0.3) is 0 Å². The molecule has 1 aromatic rings. The number of hydrogen-bond donors (Lipinski definition) is 2. The minimum Gasteiger partial charge on any atom is -0.508 e. The highest BCUT2D eigenvalue weighted by Crippen LogP contribution is 2.28. The number of ether oxygens (including phenoxy) is 1.